The van der Waals surface area contributed by atoms with Crippen molar-refractivity contribution in [3.05, 3.63) is 17.5 Å². The Bertz CT molecular complexity index is 513. The Balaban J connectivity index is 1.73. The van der Waals surface area contributed by atoms with Gasteiger partial charge in [-0.3, -0.25) is 4.79 Å². The molecule has 5 nitrogen and oxygen atoms in total. The quantitative estimate of drug-likeness (QED) is 0.912. The average Bonchev–Trinajstić information content (AvgIpc) is 2.73. The molecule has 1 aliphatic carbocycles. The summed E-state index contributed by atoms with van der Waals surface area (Å²) in [6.45, 7) is 5.33. The highest BCUT2D eigenvalue weighted by Gasteiger charge is 2.27. The van der Waals surface area contributed by atoms with Crippen molar-refractivity contribution in [3.63, 3.8) is 0 Å². The predicted molar refractivity (Wildman–Crippen MR) is 77.8 cm³/mol. The average molecular weight is 274 g/mol. The van der Waals surface area contributed by atoms with E-state index in [1.807, 2.05) is 6.92 Å². The molecule has 108 valence electrons. The van der Waals surface area contributed by atoms with E-state index in [2.05, 4.69) is 21.3 Å². The third-order valence-electron chi connectivity index (χ3n) is 4.26. The van der Waals surface area contributed by atoms with Crippen molar-refractivity contribution in [1.29, 1.82) is 0 Å². The molecule has 0 radical (unpaired) electrons. The van der Waals surface area contributed by atoms with Gasteiger partial charge in [0.2, 0.25) is 11.9 Å². The van der Waals surface area contributed by atoms with Crippen LogP contribution in [0.25, 0.3) is 0 Å². The summed E-state index contributed by atoms with van der Waals surface area (Å²) >= 11 is 0. The molecule has 5 heteroatoms. The van der Waals surface area contributed by atoms with Gasteiger partial charge in [0.05, 0.1) is 0 Å². The Kier molecular flexibility index (Phi) is 3.59. The predicted octanol–water partition coefficient (Wildman–Crippen LogP) is 1.77. The van der Waals surface area contributed by atoms with Gasteiger partial charge in [-0.05, 0) is 32.3 Å². The van der Waals surface area contributed by atoms with E-state index in [4.69, 9.17) is 4.98 Å². The van der Waals surface area contributed by atoms with Crippen LogP contribution in [0.15, 0.2) is 6.07 Å². The number of hydrogen-bond donors (Lipinski definition) is 1. The van der Waals surface area contributed by atoms with Crippen molar-refractivity contribution in [2.24, 2.45) is 0 Å². The number of nitrogens with zero attached hydrogens (tertiary/aromatic N) is 3. The number of hydrogen-bond acceptors (Lipinski definition) is 4. The first-order valence-corrected chi connectivity index (χ1v) is 7.49. The van der Waals surface area contributed by atoms with Gasteiger partial charge in [-0.2, -0.15) is 0 Å². The van der Waals surface area contributed by atoms with Crippen molar-refractivity contribution in [1.82, 2.24) is 15.3 Å². The minimum absolute atomic E-state index is 0.0390. The monoisotopic (exact) mass is 274 g/mol. The van der Waals surface area contributed by atoms with Crippen molar-refractivity contribution in [2.45, 2.75) is 51.5 Å². The largest absolute Gasteiger partial charge is 0.352 e. The minimum atomic E-state index is 0.0390. The van der Waals surface area contributed by atoms with Crippen LogP contribution in [0.1, 0.15) is 49.9 Å². The lowest BCUT2D eigenvalue weighted by molar-refractivity contribution is -0.119. The highest BCUT2D eigenvalue weighted by molar-refractivity contribution is 5.73. The molecular weight excluding hydrogens is 252 g/mol. The zero-order valence-corrected chi connectivity index (χ0v) is 12.2. The molecule has 0 bridgehead atoms. The highest BCUT2D eigenvalue weighted by Crippen LogP contribution is 2.36. The molecule has 1 N–H and O–H groups in total. The number of aryl methyl sites for hydroxylation is 1. The molecule has 0 unspecified atom stereocenters. The van der Waals surface area contributed by atoms with E-state index in [1.54, 1.807) is 6.92 Å². The van der Waals surface area contributed by atoms with Gasteiger partial charge in [-0.15, -0.1) is 0 Å². The summed E-state index contributed by atoms with van der Waals surface area (Å²) in [6.07, 6.45) is 4.79. The van der Waals surface area contributed by atoms with Crippen LogP contribution in [0.2, 0.25) is 0 Å². The number of carbonyl (C=O) groups excluding carboxylic acids is 1. The molecule has 2 fully saturated rings. The first-order valence-electron chi connectivity index (χ1n) is 7.49. The Morgan fingerprint density at radius 2 is 2.15 bits per heavy atom. The Morgan fingerprint density at radius 1 is 1.35 bits per heavy atom. The fourth-order valence-electron chi connectivity index (χ4n) is 2.98. The molecule has 3 rings (SSSR count). The van der Waals surface area contributed by atoms with E-state index in [9.17, 15) is 4.79 Å². The number of anilines is 1. The topological polar surface area (TPSA) is 58.1 Å². The van der Waals surface area contributed by atoms with Gasteiger partial charge in [-0.1, -0.05) is 6.42 Å². The normalized spacial score (nSPS) is 22.7. The van der Waals surface area contributed by atoms with Crippen LogP contribution in [-0.4, -0.2) is 35.0 Å². The van der Waals surface area contributed by atoms with E-state index in [-0.39, 0.29) is 11.9 Å². The molecule has 1 aromatic rings. The van der Waals surface area contributed by atoms with Gasteiger partial charge < -0.3 is 10.2 Å². The maximum Gasteiger partial charge on any atom is 0.225 e. The first kappa shape index (κ1) is 13.3. The lowest BCUT2D eigenvalue weighted by Crippen LogP contribution is -2.36. The van der Waals surface area contributed by atoms with Crippen LogP contribution in [0, 0.1) is 6.92 Å². The summed E-state index contributed by atoms with van der Waals surface area (Å²) < 4.78 is 0. The SMILES string of the molecule is CC(=O)N[C@@H]1CCN(c2nc(C)cc(C3CCC3)n2)C1. The van der Waals surface area contributed by atoms with Crippen LogP contribution in [0.5, 0.6) is 0 Å². The van der Waals surface area contributed by atoms with Gasteiger partial charge in [0.1, 0.15) is 0 Å². The van der Waals surface area contributed by atoms with Crippen LogP contribution < -0.4 is 10.2 Å². The molecule has 20 heavy (non-hydrogen) atoms. The summed E-state index contributed by atoms with van der Waals surface area (Å²) in [5, 5.41) is 2.98. The molecule has 1 atom stereocenters. The molecule has 1 aromatic heterocycles. The number of nitrogens with one attached hydrogen (secondary N) is 1. The summed E-state index contributed by atoms with van der Waals surface area (Å²) in [6, 6.07) is 2.35. The van der Waals surface area contributed by atoms with Crippen molar-refractivity contribution >= 4 is 11.9 Å². The molecule has 1 aliphatic heterocycles. The second-order valence-corrected chi connectivity index (χ2v) is 5.99. The summed E-state index contributed by atoms with van der Waals surface area (Å²) in [5.74, 6) is 1.50. The Labute approximate surface area is 119 Å². The van der Waals surface area contributed by atoms with Crippen molar-refractivity contribution in [3.8, 4) is 0 Å². The zero-order valence-electron chi connectivity index (χ0n) is 12.2. The van der Waals surface area contributed by atoms with E-state index in [1.165, 1.54) is 25.0 Å². The summed E-state index contributed by atoms with van der Waals surface area (Å²) in [5.41, 5.74) is 2.24. The third kappa shape index (κ3) is 2.76. The molecule has 1 saturated carbocycles. The van der Waals surface area contributed by atoms with E-state index in [0.717, 1.165) is 31.2 Å². The van der Waals surface area contributed by atoms with Gasteiger partial charge in [0.15, 0.2) is 0 Å². The second-order valence-electron chi connectivity index (χ2n) is 5.99. The maximum atomic E-state index is 11.1. The van der Waals surface area contributed by atoms with Crippen LogP contribution in [-0.2, 0) is 4.79 Å². The summed E-state index contributed by atoms with van der Waals surface area (Å²) in [7, 11) is 0. The Morgan fingerprint density at radius 3 is 2.80 bits per heavy atom. The molecule has 2 aliphatic rings. The second kappa shape index (κ2) is 5.38. The third-order valence-corrected chi connectivity index (χ3v) is 4.26. The number of carbonyl (C=O) groups is 1. The van der Waals surface area contributed by atoms with E-state index >= 15 is 0 Å². The van der Waals surface area contributed by atoms with Crippen molar-refractivity contribution in [2.75, 3.05) is 18.0 Å². The van der Waals surface area contributed by atoms with Crippen LogP contribution in [0.4, 0.5) is 5.95 Å². The van der Waals surface area contributed by atoms with E-state index < -0.39 is 0 Å². The number of amides is 1. The number of rotatable bonds is 3. The van der Waals surface area contributed by atoms with Crippen LogP contribution in [0.3, 0.4) is 0 Å². The van der Waals surface area contributed by atoms with Gasteiger partial charge in [0.25, 0.3) is 0 Å². The first-order chi connectivity index (χ1) is 9.61. The minimum Gasteiger partial charge on any atom is -0.352 e. The zero-order chi connectivity index (χ0) is 14.1. The van der Waals surface area contributed by atoms with Gasteiger partial charge in [-0.25, -0.2) is 9.97 Å². The number of aromatic nitrogens is 2. The fourth-order valence-corrected chi connectivity index (χ4v) is 2.98. The maximum absolute atomic E-state index is 11.1. The lowest BCUT2D eigenvalue weighted by Gasteiger charge is -2.26. The molecule has 2 heterocycles. The van der Waals surface area contributed by atoms with Gasteiger partial charge >= 0.3 is 0 Å². The fraction of sp³-hybridized carbons (Fsp3) is 0.667. The lowest BCUT2D eigenvalue weighted by atomic mass is 9.83. The highest BCUT2D eigenvalue weighted by atomic mass is 16.1. The molecule has 0 spiro atoms. The molecule has 0 aromatic carbocycles. The van der Waals surface area contributed by atoms with Crippen molar-refractivity contribution < 1.29 is 4.79 Å². The molecular formula is C15H22N4O. The Hall–Kier alpha value is -1.65. The smallest absolute Gasteiger partial charge is 0.225 e. The molecule has 1 amide bonds. The van der Waals surface area contributed by atoms with Crippen LogP contribution >= 0.6 is 0 Å². The van der Waals surface area contributed by atoms with Gasteiger partial charge in [0, 0.05) is 43.4 Å². The van der Waals surface area contributed by atoms with E-state index in [0.29, 0.717) is 5.92 Å². The summed E-state index contributed by atoms with van der Waals surface area (Å²) in [4.78, 5) is 22.6. The standard InChI is InChI=1S/C15H22N4O/c1-10-8-14(12-4-3-5-12)18-15(16-10)19-7-6-13(9-19)17-11(2)20/h8,12-13H,3-7,9H2,1-2H3,(H,17,20)/t13-/m1/s1. The molecule has 1 saturated heterocycles.